The Bertz CT molecular complexity index is 1330. The summed E-state index contributed by atoms with van der Waals surface area (Å²) in [5.41, 5.74) is 0.832. The molecule has 2 aliphatic carbocycles. The topological polar surface area (TPSA) is 123 Å². The van der Waals surface area contributed by atoms with Gasteiger partial charge in [0.15, 0.2) is 5.69 Å². The molecule has 2 fully saturated rings. The van der Waals surface area contributed by atoms with Crippen molar-refractivity contribution in [3.8, 4) is 0 Å². The lowest BCUT2D eigenvalue weighted by Crippen LogP contribution is -2.47. The molecule has 3 aromatic rings. The van der Waals surface area contributed by atoms with E-state index < -0.39 is 11.9 Å². The molecule has 2 saturated carbocycles. The summed E-state index contributed by atoms with van der Waals surface area (Å²) in [5, 5.41) is 20.0. The van der Waals surface area contributed by atoms with Crippen molar-refractivity contribution in [2.24, 2.45) is 0 Å². The lowest BCUT2D eigenvalue weighted by Gasteiger charge is -2.32. The maximum Gasteiger partial charge on any atom is 0.356 e. The highest BCUT2D eigenvalue weighted by molar-refractivity contribution is 8.00. The minimum absolute atomic E-state index is 0.00995. The molecule has 0 spiro atoms. The quantitative estimate of drug-likeness (QED) is 0.303. The normalized spacial score (nSPS) is 22.2. The van der Waals surface area contributed by atoms with Gasteiger partial charge in [-0.1, -0.05) is 67.8 Å². The van der Waals surface area contributed by atoms with Gasteiger partial charge in [0, 0.05) is 22.3 Å². The number of aromatic carboxylic acids is 1. The molecule has 216 valence electrons. The average Bonchev–Trinajstić information content (AvgIpc) is 3.60. The van der Waals surface area contributed by atoms with Crippen LogP contribution in [0.25, 0.3) is 0 Å². The van der Waals surface area contributed by atoms with Gasteiger partial charge >= 0.3 is 5.97 Å². The largest absolute Gasteiger partial charge is 0.476 e. The molecule has 2 aliphatic rings. The van der Waals surface area contributed by atoms with Crippen LogP contribution in [0.2, 0.25) is 0 Å². The van der Waals surface area contributed by atoms with E-state index in [2.05, 4.69) is 27.9 Å². The van der Waals surface area contributed by atoms with Crippen LogP contribution in [0.15, 0.2) is 71.6 Å². The summed E-state index contributed by atoms with van der Waals surface area (Å²) in [6.07, 6.45) is 6.28. The van der Waals surface area contributed by atoms with Crippen LogP contribution in [-0.2, 0) is 22.7 Å². The molecule has 10 heteroatoms. The Hall–Kier alpha value is -3.63. The molecule has 0 saturated heterocycles. The third kappa shape index (κ3) is 7.77. The van der Waals surface area contributed by atoms with Crippen molar-refractivity contribution < 1.29 is 24.2 Å². The number of hydrogen-bond acceptors (Lipinski definition) is 6. The van der Waals surface area contributed by atoms with Gasteiger partial charge in [-0.2, -0.15) is 5.10 Å². The van der Waals surface area contributed by atoms with Crippen molar-refractivity contribution >= 4 is 29.5 Å². The maximum absolute atomic E-state index is 13.4. The number of carbonyl (C=O) groups excluding carboxylic acids is 2. The van der Waals surface area contributed by atoms with Crippen LogP contribution in [0.5, 0.6) is 0 Å². The second-order valence-corrected chi connectivity index (χ2v) is 12.0. The lowest BCUT2D eigenvalue weighted by molar-refractivity contribution is -0.122. The predicted molar refractivity (Wildman–Crippen MR) is 156 cm³/mol. The highest BCUT2D eigenvalue weighted by Crippen LogP contribution is 2.35. The van der Waals surface area contributed by atoms with E-state index in [9.17, 15) is 19.5 Å². The number of carboxylic acids is 1. The van der Waals surface area contributed by atoms with Crippen molar-refractivity contribution in [1.82, 2.24) is 20.4 Å². The van der Waals surface area contributed by atoms with Gasteiger partial charge in [-0.3, -0.25) is 9.59 Å². The molecule has 41 heavy (non-hydrogen) atoms. The Kier molecular flexibility index (Phi) is 9.74. The Labute approximate surface area is 244 Å². The number of ether oxygens (including phenoxy) is 1. The molecule has 0 radical (unpaired) electrons. The van der Waals surface area contributed by atoms with E-state index in [4.69, 9.17) is 4.74 Å². The van der Waals surface area contributed by atoms with Gasteiger partial charge in [-0.15, -0.1) is 11.8 Å². The van der Waals surface area contributed by atoms with Crippen molar-refractivity contribution in [1.29, 1.82) is 0 Å². The minimum Gasteiger partial charge on any atom is -0.476 e. The number of aromatic nitrogens is 2. The maximum atomic E-state index is 13.4. The first-order valence-corrected chi connectivity index (χ1v) is 15.1. The van der Waals surface area contributed by atoms with E-state index >= 15 is 0 Å². The van der Waals surface area contributed by atoms with Crippen LogP contribution in [-0.4, -0.2) is 56.1 Å². The Morgan fingerprint density at radius 1 is 0.902 bits per heavy atom. The van der Waals surface area contributed by atoms with Crippen LogP contribution in [0.4, 0.5) is 0 Å². The SMILES string of the molecule is O=C(Cn1nc(C(=O)O)cc1C(=O)N[C@H]1CCCC[C@@H]1OCc1ccccc1)NC1CCC[C@@H]1Sc1ccccc1. The number of amides is 2. The fraction of sp³-hybridized carbons (Fsp3) is 0.419. The molecule has 1 unspecified atom stereocenters. The monoisotopic (exact) mass is 576 g/mol. The number of nitrogens with zero attached hydrogens (tertiary/aromatic N) is 2. The molecule has 9 nitrogen and oxygen atoms in total. The van der Waals surface area contributed by atoms with E-state index in [1.165, 1.54) is 10.7 Å². The van der Waals surface area contributed by atoms with Crippen molar-refractivity contribution in [2.45, 2.75) is 86.4 Å². The average molecular weight is 577 g/mol. The molecule has 5 rings (SSSR count). The third-order valence-corrected chi connectivity index (χ3v) is 9.09. The van der Waals surface area contributed by atoms with Gasteiger partial charge in [-0.25, -0.2) is 9.48 Å². The first-order valence-electron chi connectivity index (χ1n) is 14.2. The van der Waals surface area contributed by atoms with Crippen molar-refractivity contribution in [3.63, 3.8) is 0 Å². The predicted octanol–water partition coefficient (Wildman–Crippen LogP) is 4.67. The Morgan fingerprint density at radius 3 is 2.37 bits per heavy atom. The number of nitrogens with one attached hydrogen (secondary N) is 2. The summed E-state index contributed by atoms with van der Waals surface area (Å²) in [7, 11) is 0. The van der Waals surface area contributed by atoms with Crippen molar-refractivity contribution in [2.75, 3.05) is 0 Å². The van der Waals surface area contributed by atoms with Gasteiger partial charge in [0.25, 0.3) is 5.91 Å². The zero-order valence-electron chi connectivity index (χ0n) is 22.9. The second-order valence-electron chi connectivity index (χ2n) is 10.7. The first-order chi connectivity index (χ1) is 20.0. The Balaban J connectivity index is 1.23. The summed E-state index contributed by atoms with van der Waals surface area (Å²) in [4.78, 5) is 39.4. The highest BCUT2D eigenvalue weighted by Gasteiger charge is 2.32. The number of benzene rings is 2. The fourth-order valence-corrected chi connectivity index (χ4v) is 6.92. The summed E-state index contributed by atoms with van der Waals surface area (Å²) in [5.74, 6) is -2.02. The molecule has 0 aliphatic heterocycles. The summed E-state index contributed by atoms with van der Waals surface area (Å²) < 4.78 is 7.39. The lowest BCUT2D eigenvalue weighted by atomic mass is 9.92. The molecule has 4 atom stereocenters. The minimum atomic E-state index is -1.25. The number of hydrogen-bond donors (Lipinski definition) is 3. The molecule has 1 heterocycles. The summed E-state index contributed by atoms with van der Waals surface area (Å²) in [6.45, 7) is 0.206. The highest BCUT2D eigenvalue weighted by atomic mass is 32.2. The standard InChI is InChI=1S/C31H36N4O5S/c36-29(32-24-15-9-17-28(24)41-22-12-5-2-6-13-22)19-35-26(18-25(34-35)31(38)39)30(37)33-23-14-7-8-16-27(23)40-20-21-10-3-1-4-11-21/h1-6,10-13,18,23-24,27-28H,7-9,14-17,19-20H2,(H,32,36)(H,33,37)(H,38,39)/t23-,24?,27-,28-/m0/s1. The molecule has 0 bridgehead atoms. The fourth-order valence-electron chi connectivity index (χ4n) is 5.60. The molecule has 3 N–H and O–H groups in total. The van der Waals surface area contributed by atoms with Gasteiger partial charge in [0.05, 0.1) is 18.8 Å². The van der Waals surface area contributed by atoms with E-state index in [1.54, 1.807) is 11.8 Å². The Morgan fingerprint density at radius 2 is 1.61 bits per heavy atom. The zero-order valence-corrected chi connectivity index (χ0v) is 23.7. The van der Waals surface area contributed by atoms with E-state index in [0.717, 1.165) is 55.4 Å². The summed E-state index contributed by atoms with van der Waals surface area (Å²) in [6, 6.07) is 21.0. The molecular weight excluding hydrogens is 540 g/mol. The number of rotatable bonds is 11. The number of carboxylic acid groups (broad SMARTS) is 1. The van der Waals surface area contributed by atoms with Crippen LogP contribution in [0.3, 0.4) is 0 Å². The van der Waals surface area contributed by atoms with Gasteiger partial charge in [0.1, 0.15) is 12.2 Å². The molecule has 1 aromatic heterocycles. The molecule has 2 aromatic carbocycles. The molecule has 2 amide bonds. The van der Waals surface area contributed by atoms with E-state index in [1.807, 2.05) is 48.5 Å². The van der Waals surface area contributed by atoms with Gasteiger partial charge < -0.3 is 20.5 Å². The van der Waals surface area contributed by atoms with E-state index in [-0.39, 0.29) is 47.3 Å². The van der Waals surface area contributed by atoms with Crippen LogP contribution >= 0.6 is 11.8 Å². The number of thioether (sulfide) groups is 1. The van der Waals surface area contributed by atoms with Gasteiger partial charge in [-0.05, 0) is 43.4 Å². The summed E-state index contributed by atoms with van der Waals surface area (Å²) >= 11 is 1.75. The smallest absolute Gasteiger partial charge is 0.356 e. The van der Waals surface area contributed by atoms with Gasteiger partial charge in [0.2, 0.25) is 5.91 Å². The zero-order chi connectivity index (χ0) is 28.6. The van der Waals surface area contributed by atoms with Crippen LogP contribution < -0.4 is 10.6 Å². The second kappa shape index (κ2) is 13.8. The third-order valence-electron chi connectivity index (χ3n) is 7.68. The molecular formula is C31H36N4O5S. The van der Waals surface area contributed by atoms with Crippen molar-refractivity contribution in [3.05, 3.63) is 83.7 Å². The number of carbonyl (C=O) groups is 3. The van der Waals surface area contributed by atoms with Crippen LogP contribution in [0, 0.1) is 0 Å². The van der Waals surface area contributed by atoms with E-state index in [0.29, 0.717) is 6.61 Å². The first kappa shape index (κ1) is 28.9. The van der Waals surface area contributed by atoms with Crippen LogP contribution in [0.1, 0.15) is 71.5 Å².